The van der Waals surface area contributed by atoms with Gasteiger partial charge in [0.05, 0.1) is 64.0 Å². The minimum Gasteiger partial charge on any atom is -0.497 e. The highest BCUT2D eigenvalue weighted by atomic mass is 32.2. The molecular formula is C44H53N5O11S. The van der Waals surface area contributed by atoms with Gasteiger partial charge in [0.1, 0.15) is 42.0 Å². The number of nitrogens with zero attached hydrogens (tertiary/aromatic N) is 2. The van der Waals surface area contributed by atoms with Crippen molar-refractivity contribution in [3.63, 3.8) is 0 Å². The number of sulfonamides is 1. The van der Waals surface area contributed by atoms with E-state index in [9.17, 15) is 18.0 Å². The SMILES string of the molecule is CCOC(=O)COCCOCCOc1cc(Nc2cc(Oc3ccc(NC(=O)Nc4cc(C(C)(C)C)cc(N(C)S(C)(=O)=O)c4OC)c4ccccc34)ccn2)cc(OC)c1. The molecule has 2 amide bonds. The van der Waals surface area contributed by atoms with Gasteiger partial charge < -0.3 is 49.1 Å². The molecule has 0 aliphatic heterocycles. The minimum atomic E-state index is -3.64. The Morgan fingerprint density at radius 1 is 0.787 bits per heavy atom. The van der Waals surface area contributed by atoms with Crippen LogP contribution in [0.25, 0.3) is 10.8 Å². The molecule has 5 rings (SSSR count). The maximum atomic E-state index is 13.6. The van der Waals surface area contributed by atoms with Gasteiger partial charge in [0.15, 0.2) is 5.75 Å². The van der Waals surface area contributed by atoms with E-state index in [0.717, 1.165) is 21.5 Å². The molecule has 0 bridgehead atoms. The number of pyridine rings is 1. The smallest absolute Gasteiger partial charge is 0.332 e. The van der Waals surface area contributed by atoms with E-state index in [1.807, 2.05) is 45.0 Å². The summed E-state index contributed by atoms with van der Waals surface area (Å²) in [5.74, 6) is 2.44. The number of urea groups is 1. The van der Waals surface area contributed by atoms with Crippen molar-refractivity contribution in [2.75, 3.05) is 87.4 Å². The highest BCUT2D eigenvalue weighted by molar-refractivity contribution is 7.92. The van der Waals surface area contributed by atoms with Gasteiger partial charge in [-0.2, -0.15) is 0 Å². The zero-order valence-electron chi connectivity index (χ0n) is 35.6. The first kappa shape index (κ1) is 45.8. The Balaban J connectivity index is 1.26. The Bertz CT molecular complexity index is 2420. The fraction of sp³-hybridized carbons (Fsp3) is 0.341. The van der Waals surface area contributed by atoms with E-state index >= 15 is 0 Å². The number of benzene rings is 4. The topological polar surface area (TPSA) is 185 Å². The van der Waals surface area contributed by atoms with Gasteiger partial charge in [0.25, 0.3) is 0 Å². The number of anilines is 5. The highest BCUT2D eigenvalue weighted by Crippen LogP contribution is 2.41. The average molecular weight is 860 g/mol. The van der Waals surface area contributed by atoms with Crippen LogP contribution in [-0.2, 0) is 34.4 Å². The lowest BCUT2D eigenvalue weighted by molar-refractivity contribution is -0.148. The summed E-state index contributed by atoms with van der Waals surface area (Å²) in [5.41, 5.74) is 2.19. The summed E-state index contributed by atoms with van der Waals surface area (Å²) in [7, 11) is 0.780. The molecule has 17 heteroatoms. The first-order valence-electron chi connectivity index (χ1n) is 19.4. The van der Waals surface area contributed by atoms with Crippen molar-refractivity contribution in [1.82, 2.24) is 4.98 Å². The summed E-state index contributed by atoms with van der Waals surface area (Å²) >= 11 is 0. The molecule has 4 aromatic carbocycles. The number of fused-ring (bicyclic) bond motifs is 1. The van der Waals surface area contributed by atoms with Gasteiger partial charge >= 0.3 is 12.0 Å². The van der Waals surface area contributed by atoms with Crippen molar-refractivity contribution in [3.8, 4) is 28.7 Å². The summed E-state index contributed by atoms with van der Waals surface area (Å²) in [6.45, 7) is 9.02. The molecule has 16 nitrogen and oxygen atoms in total. The summed E-state index contributed by atoms with van der Waals surface area (Å²) in [5, 5.41) is 10.5. The number of amides is 2. The zero-order valence-corrected chi connectivity index (χ0v) is 36.4. The van der Waals surface area contributed by atoms with Crippen LogP contribution in [0.1, 0.15) is 33.3 Å². The lowest BCUT2D eigenvalue weighted by Crippen LogP contribution is -2.27. The summed E-state index contributed by atoms with van der Waals surface area (Å²) in [6.07, 6.45) is 2.72. The molecule has 3 N–H and O–H groups in total. The van der Waals surface area contributed by atoms with Crippen molar-refractivity contribution < 1.29 is 51.2 Å². The minimum absolute atomic E-state index is 0.119. The number of carbonyl (C=O) groups excluding carboxylic acids is 2. The lowest BCUT2D eigenvalue weighted by Gasteiger charge is -2.27. The number of aromatic nitrogens is 1. The van der Waals surface area contributed by atoms with E-state index in [1.54, 1.807) is 74.8 Å². The van der Waals surface area contributed by atoms with Gasteiger partial charge in [-0.25, -0.2) is 23.0 Å². The predicted octanol–water partition coefficient (Wildman–Crippen LogP) is 8.10. The van der Waals surface area contributed by atoms with E-state index in [-0.39, 0.29) is 31.0 Å². The molecule has 0 aliphatic carbocycles. The van der Waals surface area contributed by atoms with E-state index < -0.39 is 22.0 Å². The van der Waals surface area contributed by atoms with E-state index in [1.165, 1.54) is 14.2 Å². The van der Waals surface area contributed by atoms with Crippen LogP contribution in [0.2, 0.25) is 0 Å². The molecule has 0 atom stereocenters. The molecule has 0 saturated carbocycles. The number of hydrogen-bond acceptors (Lipinski definition) is 13. The number of methoxy groups -OCH3 is 2. The molecule has 0 radical (unpaired) electrons. The largest absolute Gasteiger partial charge is 0.497 e. The van der Waals surface area contributed by atoms with Crippen molar-refractivity contribution >= 4 is 61.4 Å². The van der Waals surface area contributed by atoms with E-state index in [4.69, 9.17) is 33.2 Å². The predicted molar refractivity (Wildman–Crippen MR) is 236 cm³/mol. The second kappa shape index (κ2) is 20.8. The molecule has 61 heavy (non-hydrogen) atoms. The normalized spacial score (nSPS) is 11.4. The lowest BCUT2D eigenvalue weighted by atomic mass is 9.86. The quantitative estimate of drug-likeness (QED) is 0.0504. The third kappa shape index (κ3) is 12.8. The number of hydrogen-bond donors (Lipinski definition) is 3. The number of ether oxygens (including phenoxy) is 7. The van der Waals surface area contributed by atoms with Gasteiger partial charge in [0.2, 0.25) is 10.0 Å². The van der Waals surface area contributed by atoms with Gasteiger partial charge in [-0.3, -0.25) is 4.31 Å². The van der Waals surface area contributed by atoms with E-state index in [2.05, 4.69) is 20.9 Å². The monoisotopic (exact) mass is 859 g/mol. The van der Waals surface area contributed by atoms with Gasteiger partial charge in [-0.05, 0) is 48.2 Å². The van der Waals surface area contributed by atoms with Crippen LogP contribution in [-0.4, -0.2) is 92.6 Å². The van der Waals surface area contributed by atoms with Crippen molar-refractivity contribution in [3.05, 3.63) is 90.6 Å². The average Bonchev–Trinajstić information content (AvgIpc) is 3.21. The Kier molecular flexibility index (Phi) is 15.6. The van der Waals surface area contributed by atoms with Crippen LogP contribution in [0.15, 0.2) is 85.1 Å². The Labute approximate surface area is 356 Å². The molecule has 1 aromatic heterocycles. The summed E-state index contributed by atoms with van der Waals surface area (Å²) < 4.78 is 65.2. The number of rotatable bonds is 20. The van der Waals surface area contributed by atoms with Crippen LogP contribution in [0.4, 0.5) is 33.4 Å². The van der Waals surface area contributed by atoms with Crippen LogP contribution in [0.3, 0.4) is 0 Å². The standard InChI is InChI=1S/C44H53N5O11S/c1-9-58-41(50)28-57-19-18-56-20-21-59-33-25-30(24-32(26-33)54-6)46-40-27-31(16-17-45-40)60-39-15-14-36(34-12-10-11-13-35(34)39)47-43(51)48-37-22-29(44(2,3)4)23-38(42(37)55-7)49(5)61(8,52)53/h10-17,22-27H,9,18-21,28H2,1-8H3,(H,45,46)(H2,47,48,51). The Morgan fingerprint density at radius 2 is 1.49 bits per heavy atom. The highest BCUT2D eigenvalue weighted by Gasteiger charge is 2.25. The molecule has 0 aliphatic rings. The third-order valence-electron chi connectivity index (χ3n) is 9.10. The Hall–Kier alpha value is -6.30. The Morgan fingerprint density at radius 3 is 2.20 bits per heavy atom. The van der Waals surface area contributed by atoms with Crippen LogP contribution in [0, 0.1) is 0 Å². The maximum absolute atomic E-state index is 13.6. The fourth-order valence-corrected chi connectivity index (χ4v) is 6.46. The van der Waals surface area contributed by atoms with Gasteiger partial charge in [0, 0.05) is 54.0 Å². The molecule has 1 heterocycles. The second-order valence-corrected chi connectivity index (χ2v) is 16.6. The molecule has 326 valence electrons. The van der Waals surface area contributed by atoms with Gasteiger partial charge in [-0.1, -0.05) is 45.0 Å². The first-order chi connectivity index (χ1) is 29.1. The van der Waals surface area contributed by atoms with Crippen LogP contribution >= 0.6 is 0 Å². The molecule has 0 unspecified atom stereocenters. The van der Waals surface area contributed by atoms with Crippen LogP contribution in [0.5, 0.6) is 28.7 Å². The molecule has 0 spiro atoms. The molecular weight excluding hydrogens is 807 g/mol. The van der Waals surface area contributed by atoms with Gasteiger partial charge in [-0.15, -0.1) is 0 Å². The second-order valence-electron chi connectivity index (χ2n) is 14.6. The summed E-state index contributed by atoms with van der Waals surface area (Å²) in [4.78, 5) is 29.4. The molecule has 0 saturated heterocycles. The number of esters is 1. The third-order valence-corrected chi connectivity index (χ3v) is 10.3. The summed E-state index contributed by atoms with van der Waals surface area (Å²) in [6, 6.07) is 22.8. The maximum Gasteiger partial charge on any atom is 0.332 e. The van der Waals surface area contributed by atoms with Crippen molar-refractivity contribution in [1.29, 1.82) is 0 Å². The van der Waals surface area contributed by atoms with Crippen LogP contribution < -0.4 is 39.2 Å². The first-order valence-corrected chi connectivity index (χ1v) is 21.2. The molecule has 5 aromatic rings. The number of nitrogens with one attached hydrogen (secondary N) is 3. The number of carbonyl (C=O) groups is 2. The fourth-order valence-electron chi connectivity index (χ4n) is 5.97. The zero-order chi connectivity index (χ0) is 44.2. The molecule has 0 fully saturated rings. The van der Waals surface area contributed by atoms with Crippen molar-refractivity contribution in [2.24, 2.45) is 0 Å². The van der Waals surface area contributed by atoms with E-state index in [0.29, 0.717) is 76.8 Å². The van der Waals surface area contributed by atoms with Crippen molar-refractivity contribution in [2.45, 2.75) is 33.1 Å².